The molecule has 136 valence electrons. The number of halogens is 2. The summed E-state index contributed by atoms with van der Waals surface area (Å²) in [5.74, 6) is -2.10. The maximum atomic E-state index is 12.5. The third-order valence-corrected chi connectivity index (χ3v) is 5.06. The molecule has 0 aromatic heterocycles. The van der Waals surface area contributed by atoms with Crippen molar-refractivity contribution in [1.29, 1.82) is 0 Å². The van der Waals surface area contributed by atoms with Crippen molar-refractivity contribution >= 4 is 39.1 Å². The van der Waals surface area contributed by atoms with Crippen molar-refractivity contribution in [1.82, 2.24) is 0 Å². The predicted octanol–water partition coefficient (Wildman–Crippen LogP) is 3.31. The second kappa shape index (κ2) is 7.19. The van der Waals surface area contributed by atoms with Crippen LogP contribution < -0.4 is 5.73 Å². The largest absolute Gasteiger partial charge is 0.460 e. The van der Waals surface area contributed by atoms with Crippen LogP contribution in [0.3, 0.4) is 0 Å². The van der Waals surface area contributed by atoms with Gasteiger partial charge in [-0.2, -0.15) is 8.42 Å². The van der Waals surface area contributed by atoms with Gasteiger partial charge >= 0.3 is 10.1 Å². The molecule has 3 rings (SSSR count). The van der Waals surface area contributed by atoms with E-state index < -0.39 is 39.4 Å². The fraction of sp³-hybridized carbons (Fsp3) is 0.118. The van der Waals surface area contributed by atoms with Gasteiger partial charge in [-0.15, -0.1) is 0 Å². The van der Waals surface area contributed by atoms with E-state index >= 15 is 0 Å². The normalized spacial score (nSPS) is 17.3. The van der Waals surface area contributed by atoms with Gasteiger partial charge in [-0.1, -0.05) is 53.5 Å². The standard InChI is InChI=1S/C17H13Cl2NO5S/c18-12-6-11(7-13(19)8-12)15-14(21)16(17(20)24-15)25-26(22,23)9-10-4-2-1-3-5-10/h1-8,15H,9,20H2. The number of Topliss-reactive ketones (excluding diaryl/α,β-unsaturated/α-hetero) is 1. The molecule has 0 saturated heterocycles. The van der Waals surface area contributed by atoms with E-state index in [-0.39, 0.29) is 0 Å². The smallest absolute Gasteiger partial charge is 0.313 e. The fourth-order valence-electron chi connectivity index (χ4n) is 2.44. The van der Waals surface area contributed by atoms with Crippen molar-refractivity contribution in [2.24, 2.45) is 5.73 Å². The van der Waals surface area contributed by atoms with Crippen LogP contribution in [0.5, 0.6) is 0 Å². The molecule has 9 heteroatoms. The number of carbonyl (C=O) groups is 1. The summed E-state index contributed by atoms with van der Waals surface area (Å²) in [5.41, 5.74) is 6.51. The zero-order valence-corrected chi connectivity index (χ0v) is 15.5. The fourth-order valence-corrected chi connectivity index (χ4v) is 4.06. The molecule has 1 heterocycles. The second-order valence-electron chi connectivity index (χ2n) is 5.53. The molecule has 1 aliphatic rings. The lowest BCUT2D eigenvalue weighted by molar-refractivity contribution is -0.123. The lowest BCUT2D eigenvalue weighted by Crippen LogP contribution is -2.16. The summed E-state index contributed by atoms with van der Waals surface area (Å²) in [5, 5.41) is 0.599. The average Bonchev–Trinajstić information content (AvgIpc) is 2.82. The Morgan fingerprint density at radius 1 is 1.08 bits per heavy atom. The summed E-state index contributed by atoms with van der Waals surface area (Å²) < 4.78 is 34.7. The van der Waals surface area contributed by atoms with Gasteiger partial charge < -0.3 is 14.7 Å². The van der Waals surface area contributed by atoms with Crippen LogP contribution in [0.15, 0.2) is 60.2 Å². The highest BCUT2D eigenvalue weighted by atomic mass is 35.5. The van der Waals surface area contributed by atoms with Crippen LogP contribution in [0, 0.1) is 0 Å². The summed E-state index contributed by atoms with van der Waals surface area (Å²) in [4.78, 5) is 12.5. The maximum absolute atomic E-state index is 12.5. The van der Waals surface area contributed by atoms with Gasteiger partial charge in [-0.05, 0) is 23.8 Å². The summed E-state index contributed by atoms with van der Waals surface area (Å²) >= 11 is 11.8. The predicted molar refractivity (Wildman–Crippen MR) is 96.7 cm³/mol. The number of rotatable bonds is 5. The number of hydrogen-bond donors (Lipinski definition) is 1. The van der Waals surface area contributed by atoms with Crippen LogP contribution in [0.2, 0.25) is 10.0 Å². The van der Waals surface area contributed by atoms with Crippen LogP contribution >= 0.6 is 23.2 Å². The summed E-state index contributed by atoms with van der Waals surface area (Å²) in [6.45, 7) is 0. The van der Waals surface area contributed by atoms with Gasteiger partial charge in [0.05, 0.1) is 0 Å². The molecular weight excluding hydrogens is 401 g/mol. The van der Waals surface area contributed by atoms with Crippen molar-refractivity contribution in [3.05, 3.63) is 81.3 Å². The molecule has 2 aromatic carbocycles. The van der Waals surface area contributed by atoms with Crippen molar-refractivity contribution in [2.75, 3.05) is 0 Å². The molecule has 1 unspecified atom stereocenters. The quantitative estimate of drug-likeness (QED) is 0.755. The molecule has 0 amide bonds. The van der Waals surface area contributed by atoms with Crippen LogP contribution in [0.25, 0.3) is 0 Å². The van der Waals surface area contributed by atoms with E-state index in [1.54, 1.807) is 30.3 Å². The Hall–Kier alpha value is -2.22. The molecule has 6 nitrogen and oxygen atoms in total. The van der Waals surface area contributed by atoms with Gasteiger partial charge in [-0.3, -0.25) is 4.79 Å². The summed E-state index contributed by atoms with van der Waals surface area (Å²) in [6, 6.07) is 12.8. The first kappa shape index (κ1) is 18.6. The number of hydrogen-bond acceptors (Lipinski definition) is 6. The molecule has 0 saturated carbocycles. The molecule has 0 fully saturated rings. The molecule has 1 aliphatic heterocycles. The Bertz CT molecular complexity index is 969. The molecule has 0 radical (unpaired) electrons. The molecule has 2 aromatic rings. The van der Waals surface area contributed by atoms with Gasteiger partial charge in [0.15, 0.2) is 6.10 Å². The highest BCUT2D eigenvalue weighted by molar-refractivity contribution is 7.86. The SMILES string of the molecule is NC1=C(OS(=O)(=O)Cc2ccccc2)C(=O)C(c2cc(Cl)cc(Cl)c2)O1. The van der Waals surface area contributed by atoms with E-state index in [0.717, 1.165) is 0 Å². The minimum absolute atomic E-state index is 0.300. The van der Waals surface area contributed by atoms with Crippen molar-refractivity contribution in [3.63, 3.8) is 0 Å². The van der Waals surface area contributed by atoms with Crippen molar-refractivity contribution < 1.29 is 22.1 Å². The molecule has 0 spiro atoms. The lowest BCUT2D eigenvalue weighted by atomic mass is 10.1. The number of ketones is 1. The van der Waals surface area contributed by atoms with E-state index in [4.69, 9.17) is 37.9 Å². The Kier molecular flexibility index (Phi) is 5.13. The minimum Gasteiger partial charge on any atom is -0.460 e. The molecular formula is C17H13Cl2NO5S. The van der Waals surface area contributed by atoms with Gasteiger partial charge in [0.2, 0.25) is 17.4 Å². The van der Waals surface area contributed by atoms with E-state index in [0.29, 0.717) is 21.2 Å². The van der Waals surface area contributed by atoms with Crippen molar-refractivity contribution in [3.8, 4) is 0 Å². The summed E-state index contributed by atoms with van der Waals surface area (Å²) in [6.07, 6.45) is -1.17. The highest BCUT2D eigenvalue weighted by Crippen LogP contribution is 2.35. The third kappa shape index (κ3) is 4.12. The Balaban J connectivity index is 1.80. The van der Waals surface area contributed by atoms with Gasteiger partial charge in [0, 0.05) is 15.6 Å². The monoisotopic (exact) mass is 413 g/mol. The minimum atomic E-state index is -4.10. The first-order chi connectivity index (χ1) is 12.2. The first-order valence-electron chi connectivity index (χ1n) is 7.38. The zero-order valence-electron chi connectivity index (χ0n) is 13.2. The van der Waals surface area contributed by atoms with Crippen LogP contribution in [-0.4, -0.2) is 14.2 Å². The lowest BCUT2D eigenvalue weighted by Gasteiger charge is -2.11. The average molecular weight is 414 g/mol. The third-order valence-electron chi connectivity index (χ3n) is 3.51. The van der Waals surface area contributed by atoms with E-state index in [9.17, 15) is 13.2 Å². The van der Waals surface area contributed by atoms with E-state index in [2.05, 4.69) is 0 Å². The van der Waals surface area contributed by atoms with Crippen LogP contribution in [0.4, 0.5) is 0 Å². The Labute approximate surface area is 160 Å². The van der Waals surface area contributed by atoms with Gasteiger partial charge in [-0.25, -0.2) is 0 Å². The van der Waals surface area contributed by atoms with Gasteiger partial charge in [0.1, 0.15) is 5.75 Å². The first-order valence-corrected chi connectivity index (χ1v) is 9.71. The molecule has 2 N–H and O–H groups in total. The van der Waals surface area contributed by atoms with Crippen LogP contribution in [-0.2, 0) is 29.6 Å². The molecule has 0 aliphatic carbocycles. The highest BCUT2D eigenvalue weighted by Gasteiger charge is 2.39. The zero-order chi connectivity index (χ0) is 18.9. The van der Waals surface area contributed by atoms with E-state index in [1.165, 1.54) is 18.2 Å². The van der Waals surface area contributed by atoms with E-state index in [1.807, 2.05) is 0 Å². The number of benzene rings is 2. The maximum Gasteiger partial charge on any atom is 0.313 e. The number of nitrogens with two attached hydrogens (primary N) is 1. The molecule has 1 atom stereocenters. The molecule has 0 bridgehead atoms. The number of carbonyl (C=O) groups excluding carboxylic acids is 1. The van der Waals surface area contributed by atoms with Gasteiger partial charge in [0.25, 0.3) is 0 Å². The van der Waals surface area contributed by atoms with Crippen LogP contribution in [0.1, 0.15) is 17.2 Å². The summed E-state index contributed by atoms with van der Waals surface area (Å²) in [7, 11) is -4.10. The molecule has 26 heavy (non-hydrogen) atoms. The Morgan fingerprint density at radius 3 is 2.31 bits per heavy atom. The topological polar surface area (TPSA) is 95.7 Å². The number of ether oxygens (including phenoxy) is 1. The Morgan fingerprint density at radius 2 is 1.69 bits per heavy atom. The second-order valence-corrected chi connectivity index (χ2v) is 7.97. The van der Waals surface area contributed by atoms with Crippen molar-refractivity contribution in [2.45, 2.75) is 11.9 Å².